The molecule has 3 rings (SSSR count). The molecule has 1 saturated heterocycles. The van der Waals surface area contributed by atoms with Crippen molar-refractivity contribution in [3.8, 4) is 0 Å². The number of carbonyl (C=O) groups excluding carboxylic acids is 2. The van der Waals surface area contributed by atoms with Gasteiger partial charge in [-0.3, -0.25) is 14.9 Å². The molecule has 2 aromatic rings. The lowest BCUT2D eigenvalue weighted by Gasteiger charge is -2.14. The number of thioether (sulfide) groups is 1. The van der Waals surface area contributed by atoms with Crippen LogP contribution in [0.2, 0.25) is 10.0 Å². The SMILES string of the molecule is Cc1ccc(Cl)c(Nc2ccccc2/C=C2/SC(=O)NC2=O)c1Cl. The Morgan fingerprint density at radius 3 is 2.58 bits per heavy atom. The molecule has 0 saturated carbocycles. The van der Waals surface area contributed by atoms with Gasteiger partial charge >= 0.3 is 0 Å². The quantitative estimate of drug-likeness (QED) is 0.704. The molecule has 1 aliphatic heterocycles. The zero-order valence-electron chi connectivity index (χ0n) is 12.5. The molecule has 0 aliphatic carbocycles. The molecule has 0 bridgehead atoms. The van der Waals surface area contributed by atoms with E-state index in [2.05, 4.69) is 10.6 Å². The van der Waals surface area contributed by atoms with Crippen LogP contribution in [0.1, 0.15) is 11.1 Å². The highest BCUT2D eigenvalue weighted by atomic mass is 35.5. The summed E-state index contributed by atoms with van der Waals surface area (Å²) in [4.78, 5) is 23.4. The van der Waals surface area contributed by atoms with E-state index in [0.717, 1.165) is 28.6 Å². The molecule has 1 aliphatic rings. The van der Waals surface area contributed by atoms with Crippen LogP contribution < -0.4 is 10.6 Å². The maximum absolute atomic E-state index is 11.7. The highest BCUT2D eigenvalue weighted by Crippen LogP contribution is 2.36. The fourth-order valence-corrected chi connectivity index (χ4v) is 3.34. The second-order valence-electron chi connectivity index (χ2n) is 5.12. The number of halogens is 2. The number of benzene rings is 2. The highest BCUT2D eigenvalue weighted by molar-refractivity contribution is 8.18. The third-order valence-electron chi connectivity index (χ3n) is 3.43. The lowest BCUT2D eigenvalue weighted by Crippen LogP contribution is -2.17. The van der Waals surface area contributed by atoms with Crippen LogP contribution >= 0.6 is 35.0 Å². The van der Waals surface area contributed by atoms with Gasteiger partial charge in [-0.15, -0.1) is 0 Å². The van der Waals surface area contributed by atoms with Crippen LogP contribution in [0.25, 0.3) is 6.08 Å². The summed E-state index contributed by atoms with van der Waals surface area (Å²) in [6.07, 6.45) is 1.66. The number of carbonyl (C=O) groups is 2. The summed E-state index contributed by atoms with van der Waals surface area (Å²) in [5, 5.41) is 6.11. The number of nitrogens with one attached hydrogen (secondary N) is 2. The van der Waals surface area contributed by atoms with Gasteiger partial charge in [0.1, 0.15) is 0 Å². The molecule has 1 fully saturated rings. The van der Waals surface area contributed by atoms with Gasteiger partial charge in [0, 0.05) is 5.69 Å². The molecular weight excluding hydrogens is 367 g/mol. The van der Waals surface area contributed by atoms with Crippen molar-refractivity contribution < 1.29 is 9.59 Å². The Labute approximate surface area is 153 Å². The Morgan fingerprint density at radius 1 is 1.12 bits per heavy atom. The molecule has 24 heavy (non-hydrogen) atoms. The summed E-state index contributed by atoms with van der Waals surface area (Å²) in [6, 6.07) is 11.0. The number of imide groups is 1. The molecule has 0 unspecified atom stereocenters. The average Bonchev–Trinajstić information content (AvgIpc) is 2.87. The van der Waals surface area contributed by atoms with Crippen molar-refractivity contribution in [1.82, 2.24) is 5.32 Å². The van der Waals surface area contributed by atoms with Crippen LogP contribution in [0.5, 0.6) is 0 Å². The summed E-state index contributed by atoms with van der Waals surface area (Å²) in [6.45, 7) is 1.89. The predicted molar refractivity (Wildman–Crippen MR) is 100 cm³/mol. The molecule has 2 N–H and O–H groups in total. The van der Waals surface area contributed by atoms with Crippen molar-refractivity contribution in [2.24, 2.45) is 0 Å². The standard InChI is InChI=1S/C17H12Cl2N2O2S/c1-9-6-7-11(18)15(14(9)19)20-12-5-3-2-4-10(12)8-13-16(22)21-17(23)24-13/h2-8,20H,1H3,(H,21,22,23)/b13-8+. The summed E-state index contributed by atoms with van der Waals surface area (Å²) in [5.74, 6) is -0.397. The monoisotopic (exact) mass is 378 g/mol. The van der Waals surface area contributed by atoms with Crippen molar-refractivity contribution in [2.75, 3.05) is 5.32 Å². The average molecular weight is 379 g/mol. The lowest BCUT2D eigenvalue weighted by atomic mass is 10.1. The second-order valence-corrected chi connectivity index (χ2v) is 6.92. The van der Waals surface area contributed by atoms with Gasteiger partial charge in [-0.25, -0.2) is 0 Å². The van der Waals surface area contributed by atoms with E-state index in [1.54, 1.807) is 12.1 Å². The van der Waals surface area contributed by atoms with Gasteiger partial charge in [0.05, 0.1) is 20.6 Å². The minimum absolute atomic E-state index is 0.343. The fraction of sp³-hybridized carbons (Fsp3) is 0.0588. The van der Waals surface area contributed by atoms with Crippen molar-refractivity contribution in [1.29, 1.82) is 0 Å². The van der Waals surface area contributed by atoms with Crippen molar-refractivity contribution in [3.63, 3.8) is 0 Å². The molecule has 0 aromatic heterocycles. The summed E-state index contributed by atoms with van der Waals surface area (Å²) in [5.41, 5.74) is 2.98. The van der Waals surface area contributed by atoms with Crippen LogP contribution in [0.4, 0.5) is 16.2 Å². The van der Waals surface area contributed by atoms with Crippen LogP contribution in [-0.4, -0.2) is 11.1 Å². The van der Waals surface area contributed by atoms with Gasteiger partial charge in [0.2, 0.25) is 0 Å². The molecule has 2 amide bonds. The molecule has 7 heteroatoms. The van der Waals surface area contributed by atoms with Gasteiger partial charge < -0.3 is 5.32 Å². The zero-order valence-corrected chi connectivity index (χ0v) is 14.9. The molecular formula is C17H12Cl2N2O2S. The first kappa shape index (κ1) is 16.9. The largest absolute Gasteiger partial charge is 0.353 e. The molecule has 1 heterocycles. The first-order valence-electron chi connectivity index (χ1n) is 7.01. The number of amides is 2. The predicted octanol–water partition coefficient (Wildman–Crippen LogP) is 5.37. The molecule has 0 radical (unpaired) electrons. The van der Waals surface area contributed by atoms with Gasteiger partial charge in [0.25, 0.3) is 11.1 Å². The van der Waals surface area contributed by atoms with Gasteiger partial charge in [-0.05, 0) is 48.0 Å². The first-order valence-corrected chi connectivity index (χ1v) is 8.58. The highest BCUT2D eigenvalue weighted by Gasteiger charge is 2.25. The maximum atomic E-state index is 11.7. The maximum Gasteiger partial charge on any atom is 0.290 e. The fourth-order valence-electron chi connectivity index (χ4n) is 2.20. The Kier molecular flexibility index (Phi) is 4.85. The molecule has 4 nitrogen and oxygen atoms in total. The smallest absolute Gasteiger partial charge is 0.290 e. The van der Waals surface area contributed by atoms with E-state index >= 15 is 0 Å². The minimum atomic E-state index is -0.397. The van der Waals surface area contributed by atoms with Crippen LogP contribution in [0.3, 0.4) is 0 Å². The summed E-state index contributed by atoms with van der Waals surface area (Å²) in [7, 11) is 0. The lowest BCUT2D eigenvalue weighted by molar-refractivity contribution is -0.115. The zero-order chi connectivity index (χ0) is 17.3. The van der Waals surface area contributed by atoms with Gasteiger partial charge in [-0.1, -0.05) is 47.5 Å². The number of hydrogen-bond acceptors (Lipinski definition) is 4. The van der Waals surface area contributed by atoms with E-state index < -0.39 is 5.91 Å². The van der Waals surface area contributed by atoms with E-state index in [1.807, 2.05) is 37.3 Å². The van der Waals surface area contributed by atoms with Crippen molar-refractivity contribution in [2.45, 2.75) is 6.92 Å². The number of anilines is 2. The van der Waals surface area contributed by atoms with Crippen LogP contribution in [0, 0.1) is 6.92 Å². The van der Waals surface area contributed by atoms with Crippen molar-refractivity contribution >= 4 is 63.6 Å². The van der Waals surface area contributed by atoms with Crippen LogP contribution in [-0.2, 0) is 4.79 Å². The third kappa shape index (κ3) is 3.43. The van der Waals surface area contributed by atoms with Gasteiger partial charge in [-0.2, -0.15) is 0 Å². The minimum Gasteiger partial charge on any atom is -0.353 e. The topological polar surface area (TPSA) is 58.2 Å². The Bertz CT molecular complexity index is 881. The second kappa shape index (κ2) is 6.89. The van der Waals surface area contributed by atoms with Gasteiger partial charge in [0.15, 0.2) is 0 Å². The molecule has 122 valence electrons. The number of hydrogen-bond donors (Lipinski definition) is 2. The van der Waals surface area contributed by atoms with Crippen LogP contribution in [0.15, 0.2) is 41.3 Å². The van der Waals surface area contributed by atoms with E-state index in [9.17, 15) is 9.59 Å². The van der Waals surface area contributed by atoms with E-state index in [4.69, 9.17) is 23.2 Å². The molecule has 0 atom stereocenters. The Morgan fingerprint density at radius 2 is 1.88 bits per heavy atom. The van der Waals surface area contributed by atoms with E-state index in [-0.39, 0.29) is 5.24 Å². The summed E-state index contributed by atoms with van der Waals surface area (Å²) >= 11 is 13.5. The Hall–Kier alpha value is -1.95. The summed E-state index contributed by atoms with van der Waals surface area (Å²) < 4.78 is 0. The third-order valence-corrected chi connectivity index (χ3v) is 5.05. The molecule has 0 spiro atoms. The van der Waals surface area contributed by atoms with E-state index in [1.165, 1.54) is 0 Å². The van der Waals surface area contributed by atoms with E-state index in [0.29, 0.717) is 20.6 Å². The number of aryl methyl sites for hydroxylation is 1. The first-order chi connectivity index (χ1) is 11.5. The normalized spacial score (nSPS) is 15.7. The number of rotatable bonds is 3. The number of para-hydroxylation sites is 1. The Balaban J connectivity index is 2.00. The molecule has 2 aromatic carbocycles. The van der Waals surface area contributed by atoms with Crippen molar-refractivity contribution in [3.05, 3.63) is 62.5 Å².